The molecule has 0 unspecified atom stereocenters. The third-order valence-corrected chi connectivity index (χ3v) is 5.04. The lowest BCUT2D eigenvalue weighted by atomic mass is 10.0. The van der Waals surface area contributed by atoms with E-state index in [2.05, 4.69) is 29.5 Å². The number of benzene rings is 2. The van der Waals surface area contributed by atoms with E-state index in [-0.39, 0.29) is 18.4 Å². The zero-order chi connectivity index (χ0) is 20.3. The first-order chi connectivity index (χ1) is 13.3. The van der Waals surface area contributed by atoms with E-state index in [0.717, 1.165) is 27.1 Å². The standard InChI is InChI=1S/C21H23N3O3S/c1-12(2)16-7-5-13(3)9-18(16)27-11-20(26)24-21-23-17-8-6-15(22-14(4)25)10-19(17)28-21/h5-10,12H,11H2,1-4H3,(H,22,25)(H,23,24,26). The topological polar surface area (TPSA) is 80.3 Å². The predicted octanol–water partition coefficient (Wildman–Crippen LogP) is 4.70. The van der Waals surface area contributed by atoms with Crippen molar-refractivity contribution in [3.05, 3.63) is 47.5 Å². The fourth-order valence-corrected chi connectivity index (χ4v) is 3.72. The van der Waals surface area contributed by atoms with Crippen LogP contribution in [-0.2, 0) is 9.59 Å². The van der Waals surface area contributed by atoms with Gasteiger partial charge in [0, 0.05) is 12.6 Å². The fourth-order valence-electron chi connectivity index (χ4n) is 2.80. The summed E-state index contributed by atoms with van der Waals surface area (Å²) in [6.07, 6.45) is 0. The van der Waals surface area contributed by atoms with Crippen molar-refractivity contribution in [3.63, 3.8) is 0 Å². The Hall–Kier alpha value is -2.93. The molecule has 2 aromatic carbocycles. The molecule has 0 aliphatic rings. The van der Waals surface area contributed by atoms with Gasteiger partial charge in [0.15, 0.2) is 11.7 Å². The number of carbonyl (C=O) groups is 2. The molecule has 0 fully saturated rings. The lowest BCUT2D eigenvalue weighted by Gasteiger charge is -2.14. The maximum Gasteiger partial charge on any atom is 0.264 e. The number of aryl methyl sites for hydroxylation is 1. The Bertz CT molecular complexity index is 1030. The second kappa shape index (κ2) is 8.39. The number of amides is 2. The molecule has 1 heterocycles. The van der Waals surface area contributed by atoms with Crippen molar-refractivity contribution in [2.24, 2.45) is 0 Å². The number of carbonyl (C=O) groups excluding carboxylic acids is 2. The zero-order valence-electron chi connectivity index (χ0n) is 16.3. The number of hydrogen-bond donors (Lipinski definition) is 2. The average Bonchev–Trinajstić information content (AvgIpc) is 3.00. The van der Waals surface area contributed by atoms with Crippen LogP contribution in [0.25, 0.3) is 10.2 Å². The molecule has 0 saturated heterocycles. The summed E-state index contributed by atoms with van der Waals surface area (Å²) < 4.78 is 6.65. The average molecular weight is 398 g/mol. The van der Waals surface area contributed by atoms with Crippen molar-refractivity contribution in [2.45, 2.75) is 33.6 Å². The summed E-state index contributed by atoms with van der Waals surface area (Å²) in [5, 5.41) is 6.02. The van der Waals surface area contributed by atoms with Crippen molar-refractivity contribution in [3.8, 4) is 5.75 Å². The van der Waals surface area contributed by atoms with Crippen LogP contribution in [0.2, 0.25) is 0 Å². The second-order valence-electron chi connectivity index (χ2n) is 6.92. The number of nitrogens with one attached hydrogen (secondary N) is 2. The van der Waals surface area contributed by atoms with Gasteiger partial charge in [-0.2, -0.15) is 0 Å². The van der Waals surface area contributed by atoms with Crippen LogP contribution in [0.15, 0.2) is 36.4 Å². The molecule has 1 aromatic heterocycles. The molecule has 2 N–H and O–H groups in total. The Morgan fingerprint density at radius 2 is 1.93 bits per heavy atom. The number of rotatable bonds is 6. The normalized spacial score (nSPS) is 10.9. The minimum Gasteiger partial charge on any atom is -0.483 e. The van der Waals surface area contributed by atoms with Crippen molar-refractivity contribution in [1.82, 2.24) is 4.98 Å². The van der Waals surface area contributed by atoms with Crippen LogP contribution in [0.4, 0.5) is 10.8 Å². The highest BCUT2D eigenvalue weighted by Crippen LogP contribution is 2.29. The molecule has 0 spiro atoms. The molecular formula is C21H23N3O3S. The Labute approximate surface area is 167 Å². The number of aromatic nitrogens is 1. The van der Waals surface area contributed by atoms with Gasteiger partial charge in [-0.3, -0.25) is 14.9 Å². The summed E-state index contributed by atoms with van der Waals surface area (Å²) in [5.74, 6) is 0.638. The van der Waals surface area contributed by atoms with Gasteiger partial charge in [-0.1, -0.05) is 37.3 Å². The van der Waals surface area contributed by atoms with Crippen molar-refractivity contribution >= 4 is 44.2 Å². The molecule has 0 aliphatic carbocycles. The van der Waals surface area contributed by atoms with Crippen molar-refractivity contribution < 1.29 is 14.3 Å². The Morgan fingerprint density at radius 3 is 2.64 bits per heavy atom. The van der Waals surface area contributed by atoms with Crippen LogP contribution >= 0.6 is 11.3 Å². The minimum atomic E-state index is -0.266. The van der Waals surface area contributed by atoms with Gasteiger partial charge in [0.25, 0.3) is 5.91 Å². The zero-order valence-corrected chi connectivity index (χ0v) is 17.1. The highest BCUT2D eigenvalue weighted by Gasteiger charge is 2.12. The van der Waals surface area contributed by atoms with E-state index >= 15 is 0 Å². The quantitative estimate of drug-likeness (QED) is 0.632. The van der Waals surface area contributed by atoms with Gasteiger partial charge in [0.2, 0.25) is 5.91 Å². The van der Waals surface area contributed by atoms with E-state index in [1.54, 1.807) is 6.07 Å². The van der Waals surface area contributed by atoms with E-state index in [1.807, 2.05) is 37.3 Å². The third-order valence-electron chi connectivity index (χ3n) is 4.10. The summed E-state index contributed by atoms with van der Waals surface area (Å²) in [4.78, 5) is 27.9. The van der Waals surface area contributed by atoms with Crippen LogP contribution in [0.3, 0.4) is 0 Å². The maximum atomic E-state index is 12.3. The molecule has 3 rings (SSSR count). The molecule has 6 nitrogen and oxygen atoms in total. The summed E-state index contributed by atoms with van der Waals surface area (Å²) in [5.41, 5.74) is 3.62. The molecular weight excluding hydrogens is 374 g/mol. The first-order valence-corrected chi connectivity index (χ1v) is 9.85. The highest BCUT2D eigenvalue weighted by molar-refractivity contribution is 7.22. The Morgan fingerprint density at radius 1 is 1.14 bits per heavy atom. The minimum absolute atomic E-state index is 0.0871. The number of ether oxygens (including phenoxy) is 1. The Balaban J connectivity index is 1.67. The van der Waals surface area contributed by atoms with Crippen molar-refractivity contribution in [1.29, 1.82) is 0 Å². The third kappa shape index (κ3) is 4.86. The van der Waals surface area contributed by atoms with E-state index in [0.29, 0.717) is 16.7 Å². The molecule has 0 bridgehead atoms. The van der Waals surface area contributed by atoms with Gasteiger partial charge < -0.3 is 10.1 Å². The molecule has 0 atom stereocenters. The molecule has 146 valence electrons. The highest BCUT2D eigenvalue weighted by atomic mass is 32.1. The van der Waals surface area contributed by atoms with Crippen LogP contribution in [0, 0.1) is 6.92 Å². The SMILES string of the molecule is CC(=O)Nc1ccc2nc(NC(=O)COc3cc(C)ccc3C(C)C)sc2c1. The summed E-state index contributed by atoms with van der Waals surface area (Å²) in [6.45, 7) is 7.55. The van der Waals surface area contributed by atoms with E-state index in [9.17, 15) is 9.59 Å². The number of thiazole rings is 1. The fraction of sp³-hybridized carbons (Fsp3) is 0.286. The smallest absolute Gasteiger partial charge is 0.264 e. The molecule has 28 heavy (non-hydrogen) atoms. The Kier molecular flexibility index (Phi) is 5.94. The van der Waals surface area contributed by atoms with Crippen LogP contribution in [0.1, 0.15) is 37.8 Å². The van der Waals surface area contributed by atoms with E-state index in [1.165, 1.54) is 18.3 Å². The molecule has 7 heteroatoms. The first kappa shape index (κ1) is 19.8. The molecule has 0 radical (unpaired) electrons. The summed E-state index contributed by atoms with van der Waals surface area (Å²) >= 11 is 1.35. The van der Waals surface area contributed by atoms with Gasteiger partial charge in [-0.25, -0.2) is 4.98 Å². The van der Waals surface area contributed by atoms with Gasteiger partial charge in [0.05, 0.1) is 10.2 Å². The van der Waals surface area contributed by atoms with Gasteiger partial charge in [-0.05, 0) is 48.2 Å². The van der Waals surface area contributed by atoms with Gasteiger partial charge >= 0.3 is 0 Å². The monoisotopic (exact) mass is 397 g/mol. The summed E-state index contributed by atoms with van der Waals surface area (Å²) in [6, 6.07) is 11.5. The predicted molar refractivity (Wildman–Crippen MR) is 113 cm³/mol. The maximum absolute atomic E-state index is 12.3. The largest absolute Gasteiger partial charge is 0.483 e. The number of nitrogens with zero attached hydrogens (tertiary/aromatic N) is 1. The van der Waals surface area contributed by atoms with Crippen LogP contribution in [-0.4, -0.2) is 23.4 Å². The number of anilines is 2. The van der Waals surface area contributed by atoms with Gasteiger partial charge in [-0.15, -0.1) is 0 Å². The molecule has 2 amide bonds. The molecule has 0 saturated carbocycles. The van der Waals surface area contributed by atoms with Crippen LogP contribution in [0.5, 0.6) is 5.75 Å². The second-order valence-corrected chi connectivity index (χ2v) is 7.95. The first-order valence-electron chi connectivity index (χ1n) is 9.03. The molecule has 0 aliphatic heterocycles. The van der Waals surface area contributed by atoms with Gasteiger partial charge in [0.1, 0.15) is 5.75 Å². The van der Waals surface area contributed by atoms with E-state index in [4.69, 9.17) is 4.74 Å². The lowest BCUT2D eigenvalue weighted by molar-refractivity contribution is -0.118. The van der Waals surface area contributed by atoms with Crippen LogP contribution < -0.4 is 15.4 Å². The number of hydrogen-bond acceptors (Lipinski definition) is 5. The molecule has 3 aromatic rings. The lowest BCUT2D eigenvalue weighted by Crippen LogP contribution is -2.20. The van der Waals surface area contributed by atoms with Crippen molar-refractivity contribution in [2.75, 3.05) is 17.2 Å². The summed E-state index contributed by atoms with van der Waals surface area (Å²) in [7, 11) is 0. The number of fused-ring (bicyclic) bond motifs is 1. The van der Waals surface area contributed by atoms with E-state index < -0.39 is 0 Å².